The first-order valence-electron chi connectivity index (χ1n) is 11.7. The van der Waals surface area contributed by atoms with Gasteiger partial charge in [-0.2, -0.15) is 13.2 Å². The van der Waals surface area contributed by atoms with E-state index in [2.05, 4.69) is 4.90 Å². The Morgan fingerprint density at radius 1 is 0.889 bits per heavy atom. The average Bonchev–Trinajstić information content (AvgIpc) is 2.82. The highest BCUT2D eigenvalue weighted by molar-refractivity contribution is 7.89. The minimum absolute atomic E-state index is 0.0384. The molecule has 0 spiro atoms. The summed E-state index contributed by atoms with van der Waals surface area (Å²) in [6, 6.07) is 5.46. The van der Waals surface area contributed by atoms with Crippen molar-refractivity contribution in [1.29, 1.82) is 0 Å². The molecule has 2 aromatic rings. The third-order valence-corrected chi connectivity index (χ3v) is 7.85. The van der Waals surface area contributed by atoms with Crippen LogP contribution in [0.4, 0.5) is 28.9 Å². The largest absolute Gasteiger partial charge is 0.416 e. The SMILES string of the molecule is Cc1c(S(N)(=O)=O)ccc(N2CCCCC2)c1C(=O)N1CCN(c2ccc(C(F)(F)F)cc2F)CC1. The highest BCUT2D eigenvalue weighted by Gasteiger charge is 2.33. The topological polar surface area (TPSA) is 86.9 Å². The molecule has 2 saturated heterocycles. The second-order valence-electron chi connectivity index (χ2n) is 9.12. The molecule has 0 unspecified atom stereocenters. The number of halogens is 4. The van der Waals surface area contributed by atoms with Gasteiger partial charge in [0.05, 0.1) is 21.7 Å². The molecule has 1 amide bonds. The molecule has 2 aliphatic heterocycles. The first-order valence-corrected chi connectivity index (χ1v) is 13.2. The van der Waals surface area contributed by atoms with Crippen LogP contribution < -0.4 is 14.9 Å². The van der Waals surface area contributed by atoms with Crippen molar-refractivity contribution in [3.63, 3.8) is 0 Å². The number of anilines is 2. The molecule has 4 rings (SSSR count). The minimum atomic E-state index is -4.64. The van der Waals surface area contributed by atoms with Crippen LogP contribution in [0.3, 0.4) is 0 Å². The van der Waals surface area contributed by atoms with E-state index in [1.807, 2.05) is 0 Å². The number of alkyl halides is 3. The standard InChI is InChI=1S/C24H28F4N4O3S/c1-16-21(36(29,34)35)8-7-20(30-9-3-2-4-10-30)22(16)23(33)32-13-11-31(12-14-32)19-6-5-17(15-18(19)25)24(26,27)28/h5-8,15H,2-4,9-14H2,1H3,(H2,29,34,35). The molecule has 2 heterocycles. The summed E-state index contributed by atoms with van der Waals surface area (Å²) in [7, 11) is -4.05. The van der Waals surface area contributed by atoms with Crippen LogP contribution in [0.2, 0.25) is 0 Å². The van der Waals surface area contributed by atoms with Crippen molar-refractivity contribution >= 4 is 27.3 Å². The third-order valence-electron chi connectivity index (χ3n) is 6.79. The van der Waals surface area contributed by atoms with Crippen LogP contribution in [0.1, 0.15) is 40.7 Å². The molecule has 2 N–H and O–H groups in total. The Morgan fingerprint density at radius 2 is 1.47 bits per heavy atom. The van der Waals surface area contributed by atoms with Gasteiger partial charge in [0, 0.05) is 45.0 Å². The Hall–Kier alpha value is -2.86. The van der Waals surface area contributed by atoms with Gasteiger partial charge in [-0.25, -0.2) is 17.9 Å². The quantitative estimate of drug-likeness (QED) is 0.611. The number of amides is 1. The fraction of sp³-hybridized carbons (Fsp3) is 0.458. The molecular formula is C24H28F4N4O3S. The van der Waals surface area contributed by atoms with Crippen molar-refractivity contribution in [1.82, 2.24) is 4.90 Å². The van der Waals surface area contributed by atoms with Crippen LogP contribution in [0.15, 0.2) is 35.2 Å². The number of benzene rings is 2. The van der Waals surface area contributed by atoms with Gasteiger partial charge in [0.15, 0.2) is 0 Å². The van der Waals surface area contributed by atoms with E-state index in [1.54, 1.807) is 22.8 Å². The van der Waals surface area contributed by atoms with Crippen molar-refractivity contribution in [2.45, 2.75) is 37.3 Å². The van der Waals surface area contributed by atoms with Crippen molar-refractivity contribution < 1.29 is 30.8 Å². The lowest BCUT2D eigenvalue weighted by Gasteiger charge is -2.38. The summed E-state index contributed by atoms with van der Waals surface area (Å²) in [5.41, 5.74) is 0.185. The lowest BCUT2D eigenvalue weighted by atomic mass is 10.0. The molecule has 12 heteroatoms. The van der Waals surface area contributed by atoms with Crippen LogP contribution in [-0.2, 0) is 16.2 Å². The molecule has 0 aliphatic carbocycles. The predicted octanol–water partition coefficient (Wildman–Crippen LogP) is 3.75. The molecule has 2 aliphatic rings. The first kappa shape index (κ1) is 26.2. The zero-order valence-corrected chi connectivity index (χ0v) is 20.6. The molecule has 0 saturated carbocycles. The van der Waals surface area contributed by atoms with Crippen molar-refractivity contribution in [2.24, 2.45) is 5.14 Å². The number of primary sulfonamides is 1. The Bertz CT molecular complexity index is 1250. The lowest BCUT2D eigenvalue weighted by molar-refractivity contribution is -0.137. The highest BCUT2D eigenvalue weighted by atomic mass is 32.2. The fourth-order valence-electron chi connectivity index (χ4n) is 4.90. The molecular weight excluding hydrogens is 500 g/mol. The second kappa shape index (κ2) is 9.89. The molecule has 0 aromatic heterocycles. The van der Waals surface area contributed by atoms with E-state index in [-0.39, 0.29) is 53.8 Å². The molecule has 0 bridgehead atoms. The van der Waals surface area contributed by atoms with Crippen molar-refractivity contribution in [3.05, 3.63) is 52.8 Å². The minimum Gasteiger partial charge on any atom is -0.371 e. The summed E-state index contributed by atoms with van der Waals surface area (Å²) in [6.07, 6.45) is -1.64. The van der Waals surface area contributed by atoms with E-state index in [0.717, 1.165) is 44.5 Å². The van der Waals surface area contributed by atoms with Crippen LogP contribution in [0, 0.1) is 12.7 Å². The predicted molar refractivity (Wildman–Crippen MR) is 128 cm³/mol. The molecule has 2 fully saturated rings. The zero-order chi connectivity index (χ0) is 26.3. The maximum atomic E-state index is 14.5. The Morgan fingerprint density at radius 3 is 2.03 bits per heavy atom. The Balaban J connectivity index is 1.58. The summed E-state index contributed by atoms with van der Waals surface area (Å²) in [6.45, 7) is 3.86. The van der Waals surface area contributed by atoms with Crippen LogP contribution in [0.5, 0.6) is 0 Å². The van der Waals surface area contributed by atoms with E-state index in [0.29, 0.717) is 11.8 Å². The van der Waals surface area contributed by atoms with Gasteiger partial charge in [-0.1, -0.05) is 0 Å². The third kappa shape index (κ3) is 5.29. The number of carbonyl (C=O) groups is 1. The van der Waals surface area contributed by atoms with Gasteiger partial charge in [-0.05, 0) is 62.1 Å². The van der Waals surface area contributed by atoms with Crippen molar-refractivity contribution in [2.75, 3.05) is 49.1 Å². The summed E-state index contributed by atoms with van der Waals surface area (Å²) >= 11 is 0. The lowest BCUT2D eigenvalue weighted by Crippen LogP contribution is -2.49. The number of nitrogens with two attached hydrogens (primary N) is 1. The van der Waals surface area contributed by atoms with Gasteiger partial charge in [-0.15, -0.1) is 0 Å². The first-order chi connectivity index (χ1) is 16.9. The van der Waals surface area contributed by atoms with Gasteiger partial charge in [0.1, 0.15) is 5.82 Å². The number of rotatable bonds is 4. The van der Waals surface area contributed by atoms with Gasteiger partial charge < -0.3 is 14.7 Å². The maximum absolute atomic E-state index is 14.5. The maximum Gasteiger partial charge on any atom is 0.416 e. The molecule has 196 valence electrons. The van der Waals surface area contributed by atoms with Crippen molar-refractivity contribution in [3.8, 4) is 0 Å². The van der Waals surface area contributed by atoms with Gasteiger partial charge in [0.25, 0.3) is 5.91 Å². The second-order valence-corrected chi connectivity index (χ2v) is 10.6. The number of hydrogen-bond donors (Lipinski definition) is 1. The molecule has 0 atom stereocenters. The average molecular weight is 529 g/mol. The van der Waals surface area contributed by atoms with E-state index in [9.17, 15) is 30.8 Å². The molecule has 36 heavy (non-hydrogen) atoms. The zero-order valence-electron chi connectivity index (χ0n) is 19.8. The van der Waals surface area contributed by atoms with E-state index < -0.39 is 27.6 Å². The number of sulfonamides is 1. The monoisotopic (exact) mass is 528 g/mol. The van der Waals surface area contributed by atoms with Gasteiger partial charge in [-0.3, -0.25) is 4.79 Å². The number of hydrogen-bond acceptors (Lipinski definition) is 5. The highest BCUT2D eigenvalue weighted by Crippen LogP contribution is 2.34. The summed E-state index contributed by atoms with van der Waals surface area (Å²) in [5.74, 6) is -1.33. The fourth-order valence-corrected chi connectivity index (χ4v) is 5.69. The summed E-state index contributed by atoms with van der Waals surface area (Å²) in [4.78, 5) is 18.8. The number of carbonyl (C=O) groups excluding carboxylic acids is 1. The van der Waals surface area contributed by atoms with Gasteiger partial charge >= 0.3 is 6.18 Å². The normalized spacial score (nSPS) is 17.4. The van der Waals surface area contributed by atoms with E-state index in [4.69, 9.17) is 5.14 Å². The number of nitrogens with zero attached hydrogens (tertiary/aromatic N) is 3. The van der Waals surface area contributed by atoms with E-state index in [1.165, 1.54) is 6.07 Å². The van der Waals surface area contributed by atoms with E-state index >= 15 is 0 Å². The van der Waals surface area contributed by atoms with Crippen LogP contribution in [0.25, 0.3) is 0 Å². The smallest absolute Gasteiger partial charge is 0.371 e. The van der Waals surface area contributed by atoms with Gasteiger partial charge in [0.2, 0.25) is 10.0 Å². The van der Waals surface area contributed by atoms with Crippen LogP contribution >= 0.6 is 0 Å². The van der Waals surface area contributed by atoms with Crippen LogP contribution in [-0.4, -0.2) is 58.5 Å². The molecule has 7 nitrogen and oxygen atoms in total. The Kier molecular flexibility index (Phi) is 7.20. The number of piperidine rings is 1. The summed E-state index contributed by atoms with van der Waals surface area (Å²) < 4.78 is 77.3. The molecule has 2 aromatic carbocycles. The summed E-state index contributed by atoms with van der Waals surface area (Å²) in [5, 5.41) is 5.39. The number of piperazine rings is 1. The molecule has 0 radical (unpaired) electrons. The Labute approximate surface area is 207 Å².